The van der Waals surface area contributed by atoms with Crippen molar-refractivity contribution < 1.29 is 8.42 Å². The predicted molar refractivity (Wildman–Crippen MR) is 79.2 cm³/mol. The number of hydrogen-bond acceptors (Lipinski definition) is 3. The van der Waals surface area contributed by atoms with Crippen molar-refractivity contribution in [3.63, 3.8) is 0 Å². The van der Waals surface area contributed by atoms with Crippen molar-refractivity contribution in [2.75, 3.05) is 16.8 Å². The molecule has 0 saturated carbocycles. The number of benzene rings is 1. The maximum absolute atomic E-state index is 11.3. The molecule has 1 fully saturated rings. The van der Waals surface area contributed by atoms with Gasteiger partial charge in [-0.3, -0.25) is 0 Å². The molecule has 0 aliphatic carbocycles. The first-order chi connectivity index (χ1) is 7.96. The molecule has 1 aromatic rings. The van der Waals surface area contributed by atoms with Crippen LogP contribution in [-0.4, -0.2) is 26.0 Å². The van der Waals surface area contributed by atoms with Crippen molar-refractivity contribution in [1.82, 2.24) is 0 Å². The highest BCUT2D eigenvalue weighted by molar-refractivity contribution is 14.1. The summed E-state index contributed by atoms with van der Waals surface area (Å²) in [6.07, 6.45) is 1.43. The molecule has 0 aromatic heterocycles. The van der Waals surface area contributed by atoms with Crippen molar-refractivity contribution in [1.29, 1.82) is 0 Å². The minimum absolute atomic E-state index is 0.289. The van der Waals surface area contributed by atoms with Crippen LogP contribution in [0.2, 0.25) is 0 Å². The summed E-state index contributed by atoms with van der Waals surface area (Å²) in [5.74, 6) is 0.626. The van der Waals surface area contributed by atoms with E-state index < -0.39 is 9.84 Å². The van der Waals surface area contributed by atoms with E-state index in [-0.39, 0.29) is 6.04 Å². The fourth-order valence-corrected chi connectivity index (χ4v) is 3.96. The Labute approximate surface area is 116 Å². The standard InChI is InChI=1S/C12H16INO2S/c1-9-2-3-11(8-12(9)13)14-10-4-6-17(15,16)7-5-10/h2-3,8,10,14H,4-7H2,1H3. The van der Waals surface area contributed by atoms with E-state index >= 15 is 0 Å². The number of nitrogens with one attached hydrogen (secondary N) is 1. The first-order valence-corrected chi connectivity index (χ1v) is 8.59. The normalized spacial score (nSPS) is 20.1. The Morgan fingerprint density at radius 3 is 2.53 bits per heavy atom. The number of aryl methyl sites for hydroxylation is 1. The average molecular weight is 365 g/mol. The van der Waals surface area contributed by atoms with Crippen LogP contribution in [0.1, 0.15) is 18.4 Å². The van der Waals surface area contributed by atoms with Gasteiger partial charge in [-0.05, 0) is 60.1 Å². The van der Waals surface area contributed by atoms with E-state index in [2.05, 4.69) is 53.0 Å². The molecule has 0 atom stereocenters. The lowest BCUT2D eigenvalue weighted by Crippen LogP contribution is -2.32. The van der Waals surface area contributed by atoms with Gasteiger partial charge in [-0.2, -0.15) is 0 Å². The number of halogens is 1. The molecule has 0 spiro atoms. The predicted octanol–water partition coefficient (Wildman–Crippen LogP) is 2.59. The van der Waals surface area contributed by atoms with Crippen LogP contribution < -0.4 is 5.32 Å². The maximum Gasteiger partial charge on any atom is 0.150 e. The molecular formula is C12H16INO2S. The van der Waals surface area contributed by atoms with Gasteiger partial charge in [0.05, 0.1) is 11.5 Å². The van der Waals surface area contributed by atoms with Gasteiger partial charge in [0.15, 0.2) is 0 Å². The zero-order valence-electron chi connectivity index (χ0n) is 9.74. The Balaban J connectivity index is 2.00. The molecular weight excluding hydrogens is 349 g/mol. The van der Waals surface area contributed by atoms with Gasteiger partial charge in [-0.25, -0.2) is 8.42 Å². The molecule has 1 aliphatic rings. The van der Waals surface area contributed by atoms with Gasteiger partial charge in [0.25, 0.3) is 0 Å². The topological polar surface area (TPSA) is 46.2 Å². The highest BCUT2D eigenvalue weighted by Crippen LogP contribution is 2.21. The second kappa shape index (κ2) is 5.14. The summed E-state index contributed by atoms with van der Waals surface area (Å²) in [6, 6.07) is 6.54. The number of sulfone groups is 1. The highest BCUT2D eigenvalue weighted by atomic mass is 127. The Morgan fingerprint density at radius 1 is 1.29 bits per heavy atom. The third-order valence-electron chi connectivity index (χ3n) is 3.10. The second-order valence-electron chi connectivity index (χ2n) is 4.53. The van der Waals surface area contributed by atoms with E-state index in [4.69, 9.17) is 0 Å². The quantitative estimate of drug-likeness (QED) is 0.820. The zero-order chi connectivity index (χ0) is 12.5. The minimum atomic E-state index is -2.76. The van der Waals surface area contributed by atoms with Gasteiger partial charge in [0.1, 0.15) is 9.84 Å². The average Bonchev–Trinajstić information content (AvgIpc) is 2.27. The molecule has 0 bridgehead atoms. The van der Waals surface area contributed by atoms with Crippen molar-refractivity contribution in [3.8, 4) is 0 Å². The molecule has 1 saturated heterocycles. The maximum atomic E-state index is 11.3. The lowest BCUT2D eigenvalue weighted by Gasteiger charge is -2.24. The van der Waals surface area contributed by atoms with E-state index in [9.17, 15) is 8.42 Å². The van der Waals surface area contributed by atoms with E-state index in [0.29, 0.717) is 24.3 Å². The molecule has 1 aliphatic heterocycles. The fraction of sp³-hybridized carbons (Fsp3) is 0.500. The van der Waals surface area contributed by atoms with E-state index in [1.807, 2.05) is 0 Å². The van der Waals surface area contributed by atoms with Crippen LogP contribution in [-0.2, 0) is 9.84 Å². The SMILES string of the molecule is Cc1ccc(NC2CCS(=O)(=O)CC2)cc1I. The van der Waals surface area contributed by atoms with E-state index in [0.717, 1.165) is 5.69 Å². The third kappa shape index (κ3) is 3.58. The molecule has 2 rings (SSSR count). The Morgan fingerprint density at radius 2 is 1.94 bits per heavy atom. The fourth-order valence-electron chi connectivity index (χ4n) is 1.95. The highest BCUT2D eigenvalue weighted by Gasteiger charge is 2.23. The summed E-state index contributed by atoms with van der Waals surface area (Å²) in [6.45, 7) is 2.08. The van der Waals surface area contributed by atoms with Gasteiger partial charge in [-0.15, -0.1) is 0 Å². The number of hydrogen-bond donors (Lipinski definition) is 1. The van der Waals surface area contributed by atoms with Crippen LogP contribution in [0.25, 0.3) is 0 Å². The van der Waals surface area contributed by atoms with E-state index in [1.54, 1.807) is 0 Å². The summed E-state index contributed by atoms with van der Waals surface area (Å²) in [7, 11) is -2.76. The summed E-state index contributed by atoms with van der Waals surface area (Å²) < 4.78 is 23.9. The smallest absolute Gasteiger partial charge is 0.150 e. The monoisotopic (exact) mass is 365 g/mol. The van der Waals surface area contributed by atoms with Crippen molar-refractivity contribution >= 4 is 38.1 Å². The molecule has 94 valence electrons. The molecule has 0 amide bonds. The van der Waals surface area contributed by atoms with Gasteiger partial charge < -0.3 is 5.32 Å². The first-order valence-electron chi connectivity index (χ1n) is 5.69. The molecule has 1 N–H and O–H groups in total. The zero-order valence-corrected chi connectivity index (χ0v) is 12.7. The lowest BCUT2D eigenvalue weighted by molar-refractivity contribution is 0.559. The van der Waals surface area contributed by atoms with Crippen LogP contribution in [0.4, 0.5) is 5.69 Å². The van der Waals surface area contributed by atoms with Crippen molar-refractivity contribution in [2.24, 2.45) is 0 Å². The second-order valence-corrected chi connectivity index (χ2v) is 8.00. The molecule has 0 radical (unpaired) electrons. The molecule has 1 heterocycles. The van der Waals surface area contributed by atoms with Crippen molar-refractivity contribution in [3.05, 3.63) is 27.3 Å². The van der Waals surface area contributed by atoms with Crippen LogP contribution >= 0.6 is 22.6 Å². The van der Waals surface area contributed by atoms with Crippen molar-refractivity contribution in [2.45, 2.75) is 25.8 Å². The molecule has 5 heteroatoms. The van der Waals surface area contributed by atoms with Crippen LogP contribution in [0.15, 0.2) is 18.2 Å². The van der Waals surface area contributed by atoms with Gasteiger partial charge in [0.2, 0.25) is 0 Å². The van der Waals surface area contributed by atoms with Crippen LogP contribution in [0.5, 0.6) is 0 Å². The summed E-state index contributed by atoms with van der Waals surface area (Å²) in [4.78, 5) is 0. The van der Waals surface area contributed by atoms with Gasteiger partial charge in [-0.1, -0.05) is 6.07 Å². The number of rotatable bonds is 2. The Hall–Kier alpha value is -0.300. The van der Waals surface area contributed by atoms with Gasteiger partial charge >= 0.3 is 0 Å². The molecule has 17 heavy (non-hydrogen) atoms. The first kappa shape index (κ1) is 13.1. The molecule has 1 aromatic carbocycles. The summed E-state index contributed by atoms with van der Waals surface area (Å²) in [5.41, 5.74) is 2.35. The largest absolute Gasteiger partial charge is 0.382 e. The Kier molecular flexibility index (Phi) is 3.97. The number of anilines is 1. The van der Waals surface area contributed by atoms with Crippen LogP contribution in [0.3, 0.4) is 0 Å². The third-order valence-corrected chi connectivity index (χ3v) is 5.97. The lowest BCUT2D eigenvalue weighted by atomic mass is 10.1. The minimum Gasteiger partial charge on any atom is -0.382 e. The molecule has 0 unspecified atom stereocenters. The summed E-state index contributed by atoms with van der Waals surface area (Å²) >= 11 is 2.31. The van der Waals surface area contributed by atoms with Crippen LogP contribution in [0, 0.1) is 10.5 Å². The Bertz CT molecular complexity index is 499. The van der Waals surface area contributed by atoms with E-state index in [1.165, 1.54) is 9.13 Å². The van der Waals surface area contributed by atoms with Gasteiger partial charge in [0, 0.05) is 15.3 Å². The summed E-state index contributed by atoms with van der Waals surface area (Å²) in [5, 5.41) is 3.42. The molecule has 3 nitrogen and oxygen atoms in total.